The van der Waals surface area contributed by atoms with Crippen molar-refractivity contribution in [2.45, 2.75) is 12.8 Å². The second kappa shape index (κ2) is 12.9. The van der Waals surface area contributed by atoms with E-state index in [4.69, 9.17) is 0 Å². The summed E-state index contributed by atoms with van der Waals surface area (Å²) < 4.78 is 2.42. The van der Waals surface area contributed by atoms with Crippen molar-refractivity contribution in [1.29, 1.82) is 0 Å². The lowest BCUT2D eigenvalue weighted by Gasteiger charge is -2.26. The third kappa shape index (κ3) is 5.51. The molecule has 50 heavy (non-hydrogen) atoms. The van der Waals surface area contributed by atoms with Crippen LogP contribution in [0, 0.1) is 0 Å². The Morgan fingerprint density at radius 1 is 0.420 bits per heavy atom. The largest absolute Gasteiger partial charge is 0.310 e. The molecule has 7 aromatic carbocycles. The molecule has 9 rings (SSSR count). The zero-order chi connectivity index (χ0) is 33.3. The fourth-order valence-electron chi connectivity index (χ4n) is 7.41. The number of benzene rings is 7. The van der Waals surface area contributed by atoms with Crippen molar-refractivity contribution in [2.75, 3.05) is 4.90 Å². The Labute approximate surface area is 293 Å². The summed E-state index contributed by atoms with van der Waals surface area (Å²) in [5.74, 6) is 0. The number of hydrogen-bond acceptors (Lipinski definition) is 1. The maximum atomic E-state index is 2.42. The molecular formula is C48H36N2. The number of fused-ring (bicyclic) bond motifs is 3. The van der Waals surface area contributed by atoms with Crippen molar-refractivity contribution in [3.63, 3.8) is 0 Å². The summed E-state index contributed by atoms with van der Waals surface area (Å²) in [6, 6.07) is 65.7. The number of anilines is 3. The van der Waals surface area contributed by atoms with E-state index in [2.05, 4.69) is 204 Å². The van der Waals surface area contributed by atoms with Gasteiger partial charge in [0.2, 0.25) is 0 Å². The van der Waals surface area contributed by atoms with Gasteiger partial charge in [-0.15, -0.1) is 0 Å². The minimum Gasteiger partial charge on any atom is -0.310 e. The van der Waals surface area contributed by atoms with Gasteiger partial charge in [-0.05, 0) is 112 Å². The molecule has 0 spiro atoms. The molecule has 238 valence electrons. The first-order valence-electron chi connectivity index (χ1n) is 17.4. The van der Waals surface area contributed by atoms with Gasteiger partial charge in [0.05, 0.1) is 5.52 Å². The topological polar surface area (TPSA) is 8.17 Å². The maximum absolute atomic E-state index is 2.42. The van der Waals surface area contributed by atoms with E-state index in [0.717, 1.165) is 29.9 Å². The molecule has 0 saturated carbocycles. The lowest BCUT2D eigenvalue weighted by Crippen LogP contribution is -2.10. The number of aryl methyl sites for hydroxylation is 1. The molecule has 1 heterocycles. The minimum absolute atomic E-state index is 1.09. The third-order valence-electron chi connectivity index (χ3n) is 9.89. The molecule has 0 saturated heterocycles. The highest BCUT2D eigenvalue weighted by Crippen LogP contribution is 2.39. The summed E-state index contributed by atoms with van der Waals surface area (Å²) in [6.45, 7) is 0. The van der Waals surface area contributed by atoms with E-state index >= 15 is 0 Å². The van der Waals surface area contributed by atoms with Gasteiger partial charge in [0.25, 0.3) is 0 Å². The van der Waals surface area contributed by atoms with Gasteiger partial charge in [0.1, 0.15) is 0 Å². The van der Waals surface area contributed by atoms with Crippen LogP contribution in [0.5, 0.6) is 0 Å². The fourth-order valence-corrected chi connectivity index (χ4v) is 7.41. The van der Waals surface area contributed by atoms with Gasteiger partial charge >= 0.3 is 0 Å². The van der Waals surface area contributed by atoms with Crippen molar-refractivity contribution in [2.24, 2.45) is 0 Å². The molecule has 2 heteroatoms. The Bertz CT molecular complexity index is 2350. The van der Waals surface area contributed by atoms with E-state index in [1.807, 2.05) is 0 Å². The third-order valence-corrected chi connectivity index (χ3v) is 9.89. The maximum Gasteiger partial charge on any atom is 0.0537 e. The molecule has 0 radical (unpaired) electrons. The molecular weight excluding hydrogens is 605 g/mol. The second-order valence-corrected chi connectivity index (χ2v) is 12.9. The zero-order valence-corrected chi connectivity index (χ0v) is 27.8. The number of hydrogen-bond donors (Lipinski definition) is 0. The van der Waals surface area contributed by atoms with E-state index in [1.165, 1.54) is 61.2 Å². The van der Waals surface area contributed by atoms with Crippen LogP contribution in [0.15, 0.2) is 188 Å². The van der Waals surface area contributed by atoms with Crippen LogP contribution in [0.1, 0.15) is 17.7 Å². The fraction of sp³-hybridized carbons (Fsp3) is 0.0417. The van der Waals surface area contributed by atoms with Gasteiger partial charge < -0.3 is 9.47 Å². The normalized spacial score (nSPS) is 12.2. The summed E-state index contributed by atoms with van der Waals surface area (Å²) >= 11 is 0. The first kappa shape index (κ1) is 29.7. The van der Waals surface area contributed by atoms with E-state index < -0.39 is 0 Å². The molecule has 0 aliphatic heterocycles. The zero-order valence-electron chi connectivity index (χ0n) is 27.8. The minimum atomic E-state index is 1.09. The van der Waals surface area contributed by atoms with Crippen LogP contribution in [0.3, 0.4) is 0 Å². The van der Waals surface area contributed by atoms with Crippen molar-refractivity contribution >= 4 is 34.0 Å². The highest BCUT2D eigenvalue weighted by Gasteiger charge is 2.19. The molecule has 0 unspecified atom stereocenters. The standard InChI is InChI=1S/C48H36N2/c1-3-12-35(13-4-1)37-22-28-41(29-23-37)49(42-30-24-38(25-31-42)36-14-5-2-6-15-36)44-17-11-16-40(34-44)39-26-32-43(33-27-39)50-47-20-9-7-18-45(47)46-19-8-10-21-48(46)50/h1-7,9-18,20-34H,8,19H2. The van der Waals surface area contributed by atoms with Crippen LogP contribution >= 0.6 is 0 Å². The average molecular weight is 641 g/mol. The lowest BCUT2D eigenvalue weighted by molar-refractivity contribution is 0.967. The Balaban J connectivity index is 1.09. The van der Waals surface area contributed by atoms with E-state index in [0.29, 0.717) is 0 Å². The predicted octanol–water partition coefficient (Wildman–Crippen LogP) is 13.1. The van der Waals surface area contributed by atoms with E-state index in [9.17, 15) is 0 Å². The quantitative estimate of drug-likeness (QED) is 0.168. The number of nitrogens with zero attached hydrogens (tertiary/aromatic N) is 2. The Hall–Kier alpha value is -6.38. The van der Waals surface area contributed by atoms with Crippen molar-refractivity contribution in [3.8, 4) is 39.1 Å². The van der Waals surface area contributed by atoms with E-state index in [1.54, 1.807) is 0 Å². The summed E-state index contributed by atoms with van der Waals surface area (Å²) in [5.41, 5.74) is 15.8. The molecule has 8 aromatic rings. The van der Waals surface area contributed by atoms with Crippen molar-refractivity contribution < 1.29 is 0 Å². The highest BCUT2D eigenvalue weighted by molar-refractivity contribution is 5.91. The molecule has 0 amide bonds. The number of para-hydroxylation sites is 1. The monoisotopic (exact) mass is 640 g/mol. The lowest BCUT2D eigenvalue weighted by atomic mass is 10.0. The van der Waals surface area contributed by atoms with Crippen LogP contribution < -0.4 is 4.90 Å². The van der Waals surface area contributed by atoms with Crippen LogP contribution in [-0.2, 0) is 6.42 Å². The van der Waals surface area contributed by atoms with Gasteiger partial charge in [0.15, 0.2) is 0 Å². The molecule has 1 aliphatic rings. The first-order chi connectivity index (χ1) is 24.8. The molecule has 0 atom stereocenters. The van der Waals surface area contributed by atoms with Gasteiger partial charge in [-0.2, -0.15) is 0 Å². The highest BCUT2D eigenvalue weighted by atomic mass is 15.1. The summed E-state index contributed by atoms with van der Waals surface area (Å²) in [5, 5.41) is 1.36. The summed E-state index contributed by atoms with van der Waals surface area (Å²) in [6.07, 6.45) is 6.78. The Morgan fingerprint density at radius 2 is 0.940 bits per heavy atom. The Morgan fingerprint density at radius 3 is 1.58 bits per heavy atom. The SMILES string of the molecule is C1=Cc2c(c3ccccc3n2-c2ccc(-c3cccc(N(c4ccc(-c5ccccc5)cc4)c4ccc(-c5ccccc5)cc4)c3)cc2)CC1. The van der Waals surface area contributed by atoms with Crippen molar-refractivity contribution in [3.05, 3.63) is 199 Å². The van der Waals surface area contributed by atoms with Crippen LogP contribution in [0.4, 0.5) is 17.1 Å². The molecule has 0 N–H and O–H groups in total. The molecule has 2 nitrogen and oxygen atoms in total. The van der Waals surface area contributed by atoms with Crippen LogP contribution in [0.2, 0.25) is 0 Å². The second-order valence-electron chi connectivity index (χ2n) is 12.9. The Kier molecular flexibility index (Phi) is 7.68. The van der Waals surface area contributed by atoms with Crippen LogP contribution in [0.25, 0.3) is 56.0 Å². The summed E-state index contributed by atoms with van der Waals surface area (Å²) in [7, 11) is 0. The molecule has 0 fully saturated rings. The molecule has 1 aromatic heterocycles. The van der Waals surface area contributed by atoms with Gasteiger partial charge in [0, 0.05) is 33.8 Å². The van der Waals surface area contributed by atoms with Gasteiger partial charge in [-0.3, -0.25) is 0 Å². The predicted molar refractivity (Wildman–Crippen MR) is 212 cm³/mol. The number of allylic oxidation sites excluding steroid dienone is 1. The number of aromatic nitrogens is 1. The summed E-state index contributed by atoms with van der Waals surface area (Å²) in [4.78, 5) is 2.35. The smallest absolute Gasteiger partial charge is 0.0537 e. The van der Waals surface area contributed by atoms with Crippen molar-refractivity contribution in [1.82, 2.24) is 4.57 Å². The molecule has 0 bridgehead atoms. The average Bonchev–Trinajstić information content (AvgIpc) is 3.54. The van der Waals surface area contributed by atoms with Gasteiger partial charge in [-0.1, -0.05) is 133 Å². The van der Waals surface area contributed by atoms with Gasteiger partial charge in [-0.25, -0.2) is 0 Å². The van der Waals surface area contributed by atoms with E-state index in [-0.39, 0.29) is 0 Å². The number of rotatable bonds is 7. The van der Waals surface area contributed by atoms with Crippen LogP contribution in [-0.4, -0.2) is 4.57 Å². The first-order valence-corrected chi connectivity index (χ1v) is 17.4. The molecule has 1 aliphatic carbocycles.